The molecule has 2 fully saturated rings. The van der Waals surface area contributed by atoms with Crippen molar-refractivity contribution in [1.29, 1.82) is 0 Å². The first-order chi connectivity index (χ1) is 12.1. The molecule has 0 bridgehead atoms. The largest absolute Gasteiger partial charge is 0.365 e. The first-order valence-corrected chi connectivity index (χ1v) is 8.28. The van der Waals surface area contributed by atoms with E-state index >= 15 is 0 Å². The van der Waals surface area contributed by atoms with Crippen LogP contribution in [0.3, 0.4) is 0 Å². The van der Waals surface area contributed by atoms with Gasteiger partial charge in [-0.25, -0.2) is 13.9 Å². The molecule has 1 amide bonds. The zero-order valence-electron chi connectivity index (χ0n) is 13.3. The number of carbonyl (C=O) groups is 1. The third kappa shape index (κ3) is 2.19. The van der Waals surface area contributed by atoms with Gasteiger partial charge < -0.3 is 10.6 Å². The number of fused-ring (bicyclic) bond motifs is 2. The number of hydrogen-bond donors (Lipinski definition) is 1. The number of carbonyl (C=O) groups excluding carboxylic acids is 1. The van der Waals surface area contributed by atoms with Crippen LogP contribution in [-0.2, 0) is 0 Å². The van der Waals surface area contributed by atoms with Crippen molar-refractivity contribution in [3.63, 3.8) is 0 Å². The van der Waals surface area contributed by atoms with E-state index in [2.05, 4.69) is 15.0 Å². The summed E-state index contributed by atoms with van der Waals surface area (Å²) >= 11 is 0. The minimum atomic E-state index is -0.550. The first kappa shape index (κ1) is 14.4. The van der Waals surface area contributed by atoms with Gasteiger partial charge in [0.2, 0.25) is 0 Å². The van der Waals surface area contributed by atoms with Crippen molar-refractivity contribution in [2.75, 3.05) is 11.4 Å². The molecule has 6 nitrogen and oxygen atoms in total. The first-order valence-electron chi connectivity index (χ1n) is 8.28. The fraction of sp³-hybridized carbons (Fsp3) is 0.278. The van der Waals surface area contributed by atoms with Gasteiger partial charge in [0.25, 0.3) is 5.91 Å². The van der Waals surface area contributed by atoms with Crippen LogP contribution in [0.4, 0.5) is 10.2 Å². The van der Waals surface area contributed by atoms with Crippen molar-refractivity contribution < 1.29 is 9.18 Å². The number of amides is 1. The van der Waals surface area contributed by atoms with Crippen molar-refractivity contribution in [2.45, 2.75) is 12.5 Å². The number of anilines is 1. The second-order valence-electron chi connectivity index (χ2n) is 6.79. The molecule has 2 aliphatic rings. The average Bonchev–Trinajstić information content (AvgIpc) is 3.06. The van der Waals surface area contributed by atoms with Gasteiger partial charge in [-0.3, -0.25) is 4.79 Å². The molecule has 0 unspecified atom stereocenters. The second-order valence-corrected chi connectivity index (χ2v) is 6.79. The molecule has 1 aliphatic carbocycles. The molecule has 0 spiro atoms. The summed E-state index contributed by atoms with van der Waals surface area (Å²) in [6, 6.07) is 8.76. The maximum atomic E-state index is 13.7. The van der Waals surface area contributed by atoms with Crippen molar-refractivity contribution in [1.82, 2.24) is 14.6 Å². The summed E-state index contributed by atoms with van der Waals surface area (Å²) in [7, 11) is 0. The lowest BCUT2D eigenvalue weighted by Gasteiger charge is -2.29. The fourth-order valence-electron chi connectivity index (χ4n) is 4.01. The summed E-state index contributed by atoms with van der Waals surface area (Å²) in [6.07, 6.45) is 4.37. The summed E-state index contributed by atoms with van der Waals surface area (Å²) in [5.41, 5.74) is 7.12. The highest BCUT2D eigenvalue weighted by molar-refractivity contribution is 5.98. The van der Waals surface area contributed by atoms with Crippen molar-refractivity contribution in [3.05, 3.63) is 59.7 Å². The molecule has 7 heteroatoms. The van der Waals surface area contributed by atoms with E-state index in [1.165, 1.54) is 23.2 Å². The number of benzene rings is 1. The van der Waals surface area contributed by atoms with Crippen molar-refractivity contribution >= 4 is 17.4 Å². The Morgan fingerprint density at radius 3 is 3.00 bits per heavy atom. The molecule has 5 rings (SSSR count). The number of nitrogens with zero attached hydrogens (tertiary/aromatic N) is 4. The van der Waals surface area contributed by atoms with Crippen LogP contribution >= 0.6 is 0 Å². The quantitative estimate of drug-likeness (QED) is 0.795. The number of rotatable bonds is 3. The lowest BCUT2D eigenvalue weighted by atomic mass is 10.0. The van der Waals surface area contributed by atoms with Crippen molar-refractivity contribution in [3.8, 4) is 0 Å². The Hall–Kier alpha value is -2.96. The van der Waals surface area contributed by atoms with Gasteiger partial charge in [-0.2, -0.15) is 5.10 Å². The third-order valence-corrected chi connectivity index (χ3v) is 5.25. The lowest BCUT2D eigenvalue weighted by molar-refractivity contribution is 0.100. The smallest absolute Gasteiger partial charge is 0.254 e. The number of aromatic nitrogens is 3. The van der Waals surface area contributed by atoms with Crippen LogP contribution in [-0.4, -0.2) is 27.0 Å². The van der Waals surface area contributed by atoms with E-state index in [4.69, 9.17) is 5.73 Å². The molecule has 1 aromatic carbocycles. The van der Waals surface area contributed by atoms with Gasteiger partial charge in [-0.1, -0.05) is 12.1 Å². The van der Waals surface area contributed by atoms with Crippen LogP contribution in [0.25, 0.3) is 5.65 Å². The molecular formula is C18H16FN5O. The SMILES string of the molecule is NC(=O)c1cnn2ccc(N3C[C@H]4C[C@H]4[C@H]3c3cccc(F)c3)nc12. The summed E-state index contributed by atoms with van der Waals surface area (Å²) in [6.45, 7) is 0.884. The highest BCUT2D eigenvalue weighted by atomic mass is 19.1. The minimum Gasteiger partial charge on any atom is -0.365 e. The van der Waals surface area contributed by atoms with E-state index in [0.29, 0.717) is 23.0 Å². The van der Waals surface area contributed by atoms with E-state index in [9.17, 15) is 9.18 Å². The Balaban J connectivity index is 1.59. The molecule has 1 saturated heterocycles. The Bertz CT molecular complexity index is 1000. The monoisotopic (exact) mass is 337 g/mol. The molecule has 2 aromatic heterocycles. The topological polar surface area (TPSA) is 76.5 Å². The summed E-state index contributed by atoms with van der Waals surface area (Å²) < 4.78 is 15.2. The number of piperidine rings is 1. The summed E-state index contributed by atoms with van der Waals surface area (Å²) in [5, 5.41) is 4.11. The molecular weight excluding hydrogens is 321 g/mol. The lowest BCUT2D eigenvalue weighted by Crippen LogP contribution is -2.27. The second kappa shape index (κ2) is 5.02. The van der Waals surface area contributed by atoms with Gasteiger partial charge in [0.1, 0.15) is 17.2 Å². The standard InChI is InChI=1S/C18H16FN5O/c19-12-3-1-2-10(6-12)16-13-7-11(13)9-23(16)15-4-5-24-18(22-15)14(8-21-24)17(20)25/h1-6,8,11,13,16H,7,9H2,(H2,20,25)/t11-,13-,16-/m1/s1. The van der Waals surface area contributed by atoms with Gasteiger partial charge in [0.15, 0.2) is 5.65 Å². The molecule has 25 heavy (non-hydrogen) atoms. The van der Waals surface area contributed by atoms with Gasteiger partial charge in [-0.05, 0) is 42.0 Å². The minimum absolute atomic E-state index is 0.107. The Morgan fingerprint density at radius 1 is 1.32 bits per heavy atom. The predicted molar refractivity (Wildman–Crippen MR) is 89.6 cm³/mol. The summed E-state index contributed by atoms with van der Waals surface area (Å²) in [5.74, 6) is 1.13. The number of nitrogens with two attached hydrogens (primary N) is 1. The van der Waals surface area contributed by atoms with Gasteiger partial charge in [0.05, 0.1) is 12.2 Å². The van der Waals surface area contributed by atoms with Crippen LogP contribution in [0, 0.1) is 17.7 Å². The van der Waals surface area contributed by atoms with Crippen LogP contribution in [0.2, 0.25) is 0 Å². The molecule has 1 saturated carbocycles. The highest BCUT2D eigenvalue weighted by Gasteiger charge is 2.53. The Labute approximate surface area is 143 Å². The zero-order chi connectivity index (χ0) is 17.1. The summed E-state index contributed by atoms with van der Waals surface area (Å²) in [4.78, 5) is 18.4. The normalized spacial score (nSPS) is 24.5. The number of halogens is 1. The van der Waals surface area contributed by atoms with Crippen LogP contribution in [0.1, 0.15) is 28.4 Å². The van der Waals surface area contributed by atoms with Crippen LogP contribution < -0.4 is 10.6 Å². The molecule has 3 heterocycles. The van der Waals surface area contributed by atoms with E-state index in [-0.39, 0.29) is 11.9 Å². The molecule has 2 N–H and O–H groups in total. The van der Waals surface area contributed by atoms with Crippen LogP contribution in [0.5, 0.6) is 0 Å². The highest BCUT2D eigenvalue weighted by Crippen LogP contribution is 2.57. The maximum Gasteiger partial charge on any atom is 0.254 e. The van der Waals surface area contributed by atoms with E-state index in [0.717, 1.165) is 17.9 Å². The third-order valence-electron chi connectivity index (χ3n) is 5.25. The predicted octanol–water partition coefficient (Wildman–Crippen LogP) is 2.16. The Morgan fingerprint density at radius 2 is 2.20 bits per heavy atom. The average molecular weight is 337 g/mol. The molecule has 0 radical (unpaired) electrons. The Kier molecular flexibility index (Phi) is 2.89. The maximum absolute atomic E-state index is 13.7. The van der Waals surface area contributed by atoms with Crippen molar-refractivity contribution in [2.24, 2.45) is 17.6 Å². The zero-order valence-corrected chi connectivity index (χ0v) is 13.3. The molecule has 3 aromatic rings. The van der Waals surface area contributed by atoms with E-state index in [1.54, 1.807) is 18.3 Å². The van der Waals surface area contributed by atoms with E-state index in [1.807, 2.05) is 12.1 Å². The fourth-order valence-corrected chi connectivity index (χ4v) is 4.01. The number of primary amides is 1. The number of hydrogen-bond acceptors (Lipinski definition) is 4. The van der Waals surface area contributed by atoms with E-state index < -0.39 is 5.91 Å². The molecule has 126 valence electrons. The van der Waals surface area contributed by atoms with Gasteiger partial charge in [-0.15, -0.1) is 0 Å². The molecule has 1 aliphatic heterocycles. The van der Waals surface area contributed by atoms with Gasteiger partial charge in [0, 0.05) is 12.7 Å². The van der Waals surface area contributed by atoms with Gasteiger partial charge >= 0.3 is 0 Å². The molecule has 3 atom stereocenters. The van der Waals surface area contributed by atoms with Crippen LogP contribution in [0.15, 0.2) is 42.7 Å².